The van der Waals surface area contributed by atoms with Gasteiger partial charge in [0.05, 0.1) is 0 Å². The van der Waals surface area contributed by atoms with Gasteiger partial charge >= 0.3 is 0 Å². The molecule has 2 heteroatoms. The smallest absolute Gasteiger partial charge is 0.135 e. The van der Waals surface area contributed by atoms with Crippen molar-refractivity contribution < 1.29 is 4.42 Å². The lowest BCUT2D eigenvalue weighted by Crippen LogP contribution is -1.94. The van der Waals surface area contributed by atoms with Crippen LogP contribution in [0.2, 0.25) is 0 Å². The Kier molecular flexibility index (Phi) is 4.22. The first-order chi connectivity index (χ1) is 17.8. The number of para-hydroxylation sites is 1. The molecular weight excluding hydrogens is 456 g/mol. The molecule has 2 heterocycles. The van der Waals surface area contributed by atoms with E-state index in [1.54, 1.807) is 0 Å². The first-order valence-electron chi connectivity index (χ1n) is 12.2. The fraction of sp³-hybridized carbons (Fsp3) is 0. The van der Waals surface area contributed by atoms with Crippen molar-refractivity contribution in [3.8, 4) is 33.4 Å². The maximum absolute atomic E-state index is 6.05. The van der Waals surface area contributed by atoms with Gasteiger partial charge in [0.1, 0.15) is 11.2 Å². The quantitative estimate of drug-likeness (QED) is 0.246. The van der Waals surface area contributed by atoms with Crippen LogP contribution >= 0.6 is 11.8 Å². The third-order valence-electron chi connectivity index (χ3n) is 7.28. The molecular formula is C34H20OS. The summed E-state index contributed by atoms with van der Waals surface area (Å²) in [5.74, 6) is 0. The monoisotopic (exact) mass is 476 g/mol. The van der Waals surface area contributed by atoms with Crippen LogP contribution in [0.15, 0.2) is 136 Å². The largest absolute Gasteiger partial charge is 0.456 e. The van der Waals surface area contributed by atoms with Crippen molar-refractivity contribution in [1.29, 1.82) is 0 Å². The van der Waals surface area contributed by atoms with Gasteiger partial charge < -0.3 is 4.42 Å². The molecule has 36 heavy (non-hydrogen) atoms. The van der Waals surface area contributed by atoms with Gasteiger partial charge in [-0.25, -0.2) is 0 Å². The van der Waals surface area contributed by atoms with E-state index in [2.05, 4.69) is 109 Å². The van der Waals surface area contributed by atoms with Gasteiger partial charge in [-0.15, -0.1) is 0 Å². The lowest BCUT2D eigenvalue weighted by molar-refractivity contribution is 0.669. The van der Waals surface area contributed by atoms with Crippen LogP contribution in [0.4, 0.5) is 0 Å². The molecule has 0 unspecified atom stereocenters. The Morgan fingerprint density at radius 2 is 1.17 bits per heavy atom. The molecule has 168 valence electrons. The molecule has 0 atom stereocenters. The number of fused-ring (bicyclic) bond motifs is 5. The Labute approximate surface area is 213 Å². The summed E-state index contributed by atoms with van der Waals surface area (Å²) in [7, 11) is 0. The molecule has 1 aromatic heterocycles. The second-order valence-electron chi connectivity index (χ2n) is 9.33. The van der Waals surface area contributed by atoms with Crippen LogP contribution in [0.1, 0.15) is 0 Å². The molecule has 8 rings (SSSR count). The predicted molar refractivity (Wildman–Crippen MR) is 152 cm³/mol. The van der Waals surface area contributed by atoms with Gasteiger partial charge in [-0.2, -0.15) is 0 Å². The standard InChI is InChI=1S/C34H20OS/c1-3-13-30-25(9-1)29-20-22(15-17-31(29)35-30)21-7-5-8-23(19-21)24-16-18-33-34-27(24)11-6-12-28(34)26-10-2-4-14-32(26)36-33/h1-20H. The first-order valence-corrected chi connectivity index (χ1v) is 13.0. The highest BCUT2D eigenvalue weighted by Gasteiger charge is 2.20. The molecule has 1 nitrogen and oxygen atoms in total. The van der Waals surface area contributed by atoms with Crippen molar-refractivity contribution in [3.05, 3.63) is 121 Å². The summed E-state index contributed by atoms with van der Waals surface area (Å²) < 4.78 is 6.05. The van der Waals surface area contributed by atoms with E-state index in [-0.39, 0.29) is 0 Å². The van der Waals surface area contributed by atoms with E-state index < -0.39 is 0 Å². The molecule has 0 amide bonds. The average molecular weight is 477 g/mol. The average Bonchev–Trinajstić information content (AvgIpc) is 3.31. The maximum Gasteiger partial charge on any atom is 0.135 e. The van der Waals surface area contributed by atoms with Crippen molar-refractivity contribution >= 4 is 44.5 Å². The second-order valence-corrected chi connectivity index (χ2v) is 10.4. The minimum Gasteiger partial charge on any atom is -0.456 e. The number of hydrogen-bond acceptors (Lipinski definition) is 2. The van der Waals surface area contributed by atoms with E-state index >= 15 is 0 Å². The van der Waals surface area contributed by atoms with E-state index in [9.17, 15) is 0 Å². The van der Waals surface area contributed by atoms with Crippen molar-refractivity contribution in [1.82, 2.24) is 0 Å². The molecule has 0 fully saturated rings. The normalized spacial score (nSPS) is 12.3. The van der Waals surface area contributed by atoms with Crippen LogP contribution in [0.3, 0.4) is 0 Å². The zero-order chi connectivity index (χ0) is 23.6. The third-order valence-corrected chi connectivity index (χ3v) is 8.42. The maximum atomic E-state index is 6.05. The number of furan rings is 1. The molecule has 0 N–H and O–H groups in total. The number of hydrogen-bond donors (Lipinski definition) is 0. The topological polar surface area (TPSA) is 13.1 Å². The molecule has 7 aromatic rings. The molecule has 1 aliphatic heterocycles. The Morgan fingerprint density at radius 1 is 0.417 bits per heavy atom. The molecule has 0 spiro atoms. The van der Waals surface area contributed by atoms with E-state index in [1.165, 1.54) is 53.9 Å². The second kappa shape index (κ2) is 7.61. The summed E-state index contributed by atoms with van der Waals surface area (Å²) in [5.41, 5.74) is 9.42. The van der Waals surface area contributed by atoms with Gasteiger partial charge in [-0.1, -0.05) is 96.7 Å². The fourth-order valence-corrected chi connectivity index (χ4v) is 6.73. The van der Waals surface area contributed by atoms with Gasteiger partial charge in [0, 0.05) is 25.9 Å². The minimum absolute atomic E-state index is 0.928. The Bertz CT molecular complexity index is 1980. The summed E-state index contributed by atoms with van der Waals surface area (Å²) in [6.45, 7) is 0. The zero-order valence-corrected chi connectivity index (χ0v) is 20.2. The van der Waals surface area contributed by atoms with Crippen LogP contribution in [0.5, 0.6) is 0 Å². The molecule has 0 saturated carbocycles. The summed E-state index contributed by atoms with van der Waals surface area (Å²) in [5, 5.41) is 4.98. The van der Waals surface area contributed by atoms with Crippen molar-refractivity contribution in [2.45, 2.75) is 9.79 Å². The van der Waals surface area contributed by atoms with Gasteiger partial charge in [0.15, 0.2) is 0 Å². The highest BCUT2D eigenvalue weighted by molar-refractivity contribution is 7.99. The Balaban J connectivity index is 1.30. The van der Waals surface area contributed by atoms with E-state index in [0.29, 0.717) is 0 Å². The lowest BCUT2D eigenvalue weighted by atomic mass is 9.91. The number of rotatable bonds is 2. The van der Waals surface area contributed by atoms with Crippen molar-refractivity contribution in [3.63, 3.8) is 0 Å². The molecule has 1 aliphatic rings. The SMILES string of the molecule is c1cc(-c2ccc3oc4ccccc4c3c2)cc(-c2ccc3c4c(cccc24)-c2ccccc2S3)c1. The molecule has 0 radical (unpaired) electrons. The zero-order valence-electron chi connectivity index (χ0n) is 19.4. The molecule has 6 aromatic carbocycles. The van der Waals surface area contributed by atoms with Gasteiger partial charge in [-0.05, 0) is 75.2 Å². The van der Waals surface area contributed by atoms with Gasteiger partial charge in [-0.3, -0.25) is 0 Å². The number of benzene rings is 6. The van der Waals surface area contributed by atoms with Crippen LogP contribution in [0.25, 0.3) is 66.1 Å². The molecule has 0 bridgehead atoms. The summed E-state index contributed by atoms with van der Waals surface area (Å²) >= 11 is 1.87. The summed E-state index contributed by atoms with van der Waals surface area (Å²) in [6, 6.07) is 43.7. The van der Waals surface area contributed by atoms with Crippen LogP contribution in [0, 0.1) is 0 Å². The predicted octanol–water partition coefficient (Wildman–Crippen LogP) is 10.2. The van der Waals surface area contributed by atoms with Gasteiger partial charge in [0.25, 0.3) is 0 Å². The van der Waals surface area contributed by atoms with Crippen molar-refractivity contribution in [2.75, 3.05) is 0 Å². The Morgan fingerprint density at radius 3 is 2.17 bits per heavy atom. The minimum atomic E-state index is 0.928. The highest BCUT2D eigenvalue weighted by atomic mass is 32.2. The highest BCUT2D eigenvalue weighted by Crippen LogP contribution is 2.49. The summed E-state index contributed by atoms with van der Waals surface area (Å²) in [4.78, 5) is 2.66. The molecule has 0 saturated heterocycles. The molecule has 0 aliphatic carbocycles. The fourth-order valence-electron chi connectivity index (χ4n) is 5.60. The first kappa shape index (κ1) is 20.0. The third kappa shape index (κ3) is 2.92. The lowest BCUT2D eigenvalue weighted by Gasteiger charge is -2.21. The van der Waals surface area contributed by atoms with Gasteiger partial charge in [0.2, 0.25) is 0 Å². The van der Waals surface area contributed by atoms with Crippen LogP contribution < -0.4 is 0 Å². The van der Waals surface area contributed by atoms with Crippen molar-refractivity contribution in [2.24, 2.45) is 0 Å². The van der Waals surface area contributed by atoms with E-state index in [1.807, 2.05) is 23.9 Å². The Hall–Kier alpha value is -4.27. The van der Waals surface area contributed by atoms with E-state index in [4.69, 9.17) is 4.42 Å². The van der Waals surface area contributed by atoms with Crippen LogP contribution in [-0.2, 0) is 0 Å². The summed E-state index contributed by atoms with van der Waals surface area (Å²) in [6.07, 6.45) is 0. The van der Waals surface area contributed by atoms with Crippen LogP contribution in [-0.4, -0.2) is 0 Å². The van der Waals surface area contributed by atoms with E-state index in [0.717, 1.165) is 21.9 Å².